The van der Waals surface area contributed by atoms with Gasteiger partial charge in [0.25, 0.3) is 0 Å². The number of hydrogen-bond acceptors (Lipinski definition) is 4. The maximum absolute atomic E-state index is 12.1. The molecule has 0 aromatic carbocycles. The van der Waals surface area contributed by atoms with Crippen LogP contribution in [0.25, 0.3) is 0 Å². The van der Waals surface area contributed by atoms with E-state index in [2.05, 4.69) is 0 Å². The molecule has 1 atom stereocenters. The molecule has 0 bridgehead atoms. The Hall–Kier alpha value is -0.710. The molecule has 0 saturated carbocycles. The number of hydrogen-bond donors (Lipinski definition) is 0. The summed E-state index contributed by atoms with van der Waals surface area (Å²) in [5.74, 6) is 0. The van der Waals surface area contributed by atoms with E-state index in [-0.39, 0.29) is 11.0 Å². The van der Waals surface area contributed by atoms with Crippen LogP contribution in [-0.2, 0) is 9.53 Å². The number of nitrogens with zero attached hydrogens (tertiary/aromatic N) is 1. The molecule has 1 fully saturated rings. The maximum atomic E-state index is 12.1. The minimum absolute atomic E-state index is 0.268. The summed E-state index contributed by atoms with van der Waals surface area (Å²) in [6.45, 7) is 10.3. The van der Waals surface area contributed by atoms with Crippen LogP contribution in [0.15, 0.2) is 0 Å². The number of ether oxygens (including phenoxy) is 1. The van der Waals surface area contributed by atoms with Crippen LogP contribution < -0.4 is 0 Å². The molecule has 18 heavy (non-hydrogen) atoms. The van der Waals surface area contributed by atoms with Gasteiger partial charge in [-0.1, -0.05) is 0 Å². The van der Waals surface area contributed by atoms with Crippen molar-refractivity contribution >= 4 is 24.1 Å². The predicted octanol–water partition coefficient (Wildman–Crippen LogP) is 3.05. The molecule has 1 amide bonds. The monoisotopic (exact) mass is 273 g/mol. The fourth-order valence-corrected chi connectivity index (χ4v) is 3.52. The standard InChI is InChI=1S/C13H23NO3S/c1-12(2,3)17-11(16)14-9-10(7-6-8-15)18-13(14,4)5/h8,10H,6-7,9H2,1-5H3/t10-/m0/s1. The topological polar surface area (TPSA) is 46.6 Å². The Morgan fingerprint density at radius 1 is 1.50 bits per heavy atom. The van der Waals surface area contributed by atoms with Crippen LogP contribution in [0, 0.1) is 0 Å². The lowest BCUT2D eigenvalue weighted by atomic mass is 10.2. The van der Waals surface area contributed by atoms with Crippen molar-refractivity contribution in [2.24, 2.45) is 0 Å². The Morgan fingerprint density at radius 2 is 2.11 bits per heavy atom. The molecule has 0 unspecified atom stereocenters. The summed E-state index contributed by atoms with van der Waals surface area (Å²) in [6.07, 6.45) is 2.03. The number of rotatable bonds is 3. The fraction of sp³-hybridized carbons (Fsp3) is 0.846. The SMILES string of the molecule is CC(C)(C)OC(=O)N1C[C@H](CCC=O)SC1(C)C. The Balaban J connectivity index is 2.65. The van der Waals surface area contributed by atoms with E-state index in [1.165, 1.54) is 0 Å². The van der Waals surface area contributed by atoms with E-state index in [9.17, 15) is 9.59 Å². The largest absolute Gasteiger partial charge is 0.444 e. The molecule has 0 N–H and O–H groups in total. The molecule has 1 heterocycles. The van der Waals surface area contributed by atoms with Gasteiger partial charge in [-0.3, -0.25) is 4.90 Å². The van der Waals surface area contributed by atoms with Crippen molar-refractivity contribution in [1.29, 1.82) is 0 Å². The minimum Gasteiger partial charge on any atom is -0.444 e. The Morgan fingerprint density at radius 3 is 2.61 bits per heavy atom. The summed E-state index contributed by atoms with van der Waals surface area (Å²) in [4.78, 5) is 24.0. The first-order valence-corrected chi connectivity index (χ1v) is 7.16. The van der Waals surface area contributed by atoms with Gasteiger partial charge in [0.2, 0.25) is 0 Å². The van der Waals surface area contributed by atoms with Crippen LogP contribution in [-0.4, -0.2) is 39.5 Å². The molecule has 0 spiro atoms. The van der Waals surface area contributed by atoms with E-state index < -0.39 is 5.60 Å². The molecule has 0 aromatic rings. The number of carbonyl (C=O) groups is 2. The summed E-state index contributed by atoms with van der Waals surface area (Å²) in [5.41, 5.74) is -0.473. The summed E-state index contributed by atoms with van der Waals surface area (Å²) in [7, 11) is 0. The lowest BCUT2D eigenvalue weighted by Crippen LogP contribution is -2.44. The highest BCUT2D eigenvalue weighted by atomic mass is 32.2. The third-order valence-corrected chi connectivity index (χ3v) is 4.23. The molecule has 1 rings (SSSR count). The van der Waals surface area contributed by atoms with Gasteiger partial charge in [0, 0.05) is 18.2 Å². The molecule has 1 aliphatic heterocycles. The number of carbonyl (C=O) groups excluding carboxylic acids is 2. The summed E-state index contributed by atoms with van der Waals surface area (Å²) in [6, 6.07) is 0. The van der Waals surface area contributed by atoms with Gasteiger partial charge in [0.05, 0.1) is 4.87 Å². The molecular weight excluding hydrogens is 250 g/mol. The van der Waals surface area contributed by atoms with E-state index in [0.29, 0.717) is 18.2 Å². The Kier molecular flexibility index (Phi) is 4.70. The smallest absolute Gasteiger partial charge is 0.411 e. The number of thioether (sulfide) groups is 1. The molecular formula is C13H23NO3S. The summed E-state index contributed by atoms with van der Waals surface area (Å²) >= 11 is 1.74. The second kappa shape index (κ2) is 5.51. The van der Waals surface area contributed by atoms with Crippen molar-refractivity contribution in [3.05, 3.63) is 0 Å². The van der Waals surface area contributed by atoms with Crippen LogP contribution in [0.2, 0.25) is 0 Å². The molecule has 0 aliphatic carbocycles. The Labute approximate surface area is 113 Å². The van der Waals surface area contributed by atoms with Crippen molar-refractivity contribution < 1.29 is 14.3 Å². The number of amides is 1. The highest BCUT2D eigenvalue weighted by Gasteiger charge is 2.43. The molecule has 4 nitrogen and oxygen atoms in total. The van der Waals surface area contributed by atoms with Gasteiger partial charge in [-0.2, -0.15) is 0 Å². The first-order valence-electron chi connectivity index (χ1n) is 6.28. The zero-order valence-electron chi connectivity index (χ0n) is 11.9. The molecule has 104 valence electrons. The van der Waals surface area contributed by atoms with Gasteiger partial charge in [-0.05, 0) is 41.0 Å². The highest BCUT2D eigenvalue weighted by molar-refractivity contribution is 8.01. The van der Waals surface area contributed by atoms with Gasteiger partial charge in [-0.15, -0.1) is 11.8 Å². The van der Waals surface area contributed by atoms with E-state index in [1.807, 2.05) is 34.6 Å². The zero-order chi connectivity index (χ0) is 14.0. The van der Waals surface area contributed by atoms with Crippen LogP contribution in [0.1, 0.15) is 47.5 Å². The van der Waals surface area contributed by atoms with E-state index >= 15 is 0 Å². The quantitative estimate of drug-likeness (QED) is 0.741. The van der Waals surface area contributed by atoms with Crippen LogP contribution in [0.3, 0.4) is 0 Å². The lowest BCUT2D eigenvalue weighted by molar-refractivity contribution is -0.107. The van der Waals surface area contributed by atoms with Crippen molar-refractivity contribution in [3.63, 3.8) is 0 Å². The molecule has 0 radical (unpaired) electrons. The zero-order valence-corrected chi connectivity index (χ0v) is 12.7. The molecule has 1 saturated heterocycles. The summed E-state index contributed by atoms with van der Waals surface area (Å²) < 4.78 is 5.41. The van der Waals surface area contributed by atoms with Crippen LogP contribution in [0.5, 0.6) is 0 Å². The first kappa shape index (κ1) is 15.3. The predicted molar refractivity (Wildman–Crippen MR) is 73.7 cm³/mol. The van der Waals surface area contributed by atoms with E-state index in [1.54, 1.807) is 16.7 Å². The van der Waals surface area contributed by atoms with Gasteiger partial charge in [0.15, 0.2) is 0 Å². The van der Waals surface area contributed by atoms with Crippen molar-refractivity contribution in [1.82, 2.24) is 4.90 Å². The first-order chi connectivity index (χ1) is 8.15. The average Bonchev–Trinajstić information content (AvgIpc) is 2.48. The third-order valence-electron chi connectivity index (χ3n) is 2.71. The highest BCUT2D eigenvalue weighted by Crippen LogP contribution is 2.42. The molecule has 5 heteroatoms. The van der Waals surface area contributed by atoms with Crippen molar-refractivity contribution in [2.45, 2.75) is 63.2 Å². The lowest BCUT2D eigenvalue weighted by Gasteiger charge is -2.32. The second-order valence-corrected chi connectivity index (χ2v) is 7.92. The van der Waals surface area contributed by atoms with Gasteiger partial charge >= 0.3 is 6.09 Å². The third kappa shape index (κ3) is 4.19. The van der Waals surface area contributed by atoms with Crippen LogP contribution in [0.4, 0.5) is 4.79 Å². The van der Waals surface area contributed by atoms with Crippen molar-refractivity contribution in [3.8, 4) is 0 Å². The van der Waals surface area contributed by atoms with Gasteiger partial charge in [-0.25, -0.2) is 4.79 Å². The van der Waals surface area contributed by atoms with Gasteiger partial charge < -0.3 is 9.53 Å². The minimum atomic E-state index is -0.473. The van der Waals surface area contributed by atoms with Crippen molar-refractivity contribution in [2.75, 3.05) is 6.54 Å². The van der Waals surface area contributed by atoms with E-state index in [4.69, 9.17) is 4.74 Å². The normalized spacial score (nSPS) is 22.9. The van der Waals surface area contributed by atoms with Gasteiger partial charge in [0.1, 0.15) is 11.9 Å². The molecule has 1 aliphatic rings. The second-order valence-electron chi connectivity index (χ2n) is 6.02. The Bertz CT molecular complexity index is 323. The molecule has 0 aromatic heterocycles. The summed E-state index contributed by atoms with van der Waals surface area (Å²) in [5, 5.41) is 0.317. The number of aldehydes is 1. The van der Waals surface area contributed by atoms with Crippen LogP contribution >= 0.6 is 11.8 Å². The maximum Gasteiger partial charge on any atom is 0.411 e. The van der Waals surface area contributed by atoms with E-state index in [0.717, 1.165) is 12.7 Å². The fourth-order valence-electron chi connectivity index (χ4n) is 1.95. The average molecular weight is 273 g/mol.